The van der Waals surface area contributed by atoms with Gasteiger partial charge in [-0.3, -0.25) is 4.90 Å². The Balaban J connectivity index is 1.44. The molecule has 3 aromatic carbocycles. The number of rotatable bonds is 9. The number of ether oxygens (including phenoxy) is 1. The molecule has 1 aliphatic rings. The fourth-order valence-electron chi connectivity index (χ4n) is 4.88. The molecule has 1 unspecified atom stereocenters. The number of fused-ring (bicyclic) bond motifs is 1. The number of carboxylic acids is 1. The zero-order valence-corrected chi connectivity index (χ0v) is 19.7. The number of benzene rings is 3. The molecule has 6 heteroatoms. The van der Waals surface area contributed by atoms with Gasteiger partial charge in [0.2, 0.25) is 5.89 Å². The lowest BCUT2D eigenvalue weighted by Gasteiger charge is -2.27. The lowest BCUT2D eigenvalue weighted by molar-refractivity contribution is -0.139. The number of carboxylic acid groups (broad SMARTS) is 1. The molecule has 0 fully saturated rings. The summed E-state index contributed by atoms with van der Waals surface area (Å²) >= 11 is 0. The number of nitrogens with zero attached hydrogens (tertiary/aromatic N) is 2. The predicted molar refractivity (Wildman–Crippen MR) is 134 cm³/mol. The van der Waals surface area contributed by atoms with E-state index in [2.05, 4.69) is 30.0 Å². The predicted octanol–water partition coefficient (Wildman–Crippen LogP) is 5.98. The van der Waals surface area contributed by atoms with E-state index in [1.54, 1.807) is 0 Å². The minimum atomic E-state index is -0.973. The molecule has 5 rings (SSSR count). The Hall–Kier alpha value is -3.90. The van der Waals surface area contributed by atoms with E-state index in [4.69, 9.17) is 19.2 Å². The van der Waals surface area contributed by atoms with Crippen molar-refractivity contribution in [1.29, 1.82) is 0 Å². The van der Waals surface area contributed by atoms with Gasteiger partial charge in [-0.1, -0.05) is 79.7 Å². The van der Waals surface area contributed by atoms with Crippen molar-refractivity contribution >= 4 is 5.97 Å². The molecule has 1 aromatic heterocycles. The fraction of sp³-hybridized carbons (Fsp3) is 0.241. The second-order valence-electron chi connectivity index (χ2n) is 8.64. The minimum Gasteiger partial charge on any atom is -0.482 e. The van der Waals surface area contributed by atoms with Crippen molar-refractivity contribution in [3.8, 4) is 28.3 Å². The summed E-state index contributed by atoms with van der Waals surface area (Å²) in [6.45, 7) is 3.21. The molecule has 0 amide bonds. The van der Waals surface area contributed by atoms with Crippen molar-refractivity contribution < 1.29 is 19.1 Å². The maximum atomic E-state index is 11.0. The Morgan fingerprint density at radius 3 is 2.43 bits per heavy atom. The van der Waals surface area contributed by atoms with E-state index in [0.717, 1.165) is 47.5 Å². The summed E-state index contributed by atoms with van der Waals surface area (Å²) in [7, 11) is 0. The van der Waals surface area contributed by atoms with Gasteiger partial charge in [0.1, 0.15) is 11.4 Å². The van der Waals surface area contributed by atoms with Crippen LogP contribution in [0.25, 0.3) is 22.6 Å². The minimum absolute atomic E-state index is 0.190. The molecule has 1 aliphatic carbocycles. The fourth-order valence-corrected chi connectivity index (χ4v) is 4.88. The molecule has 4 aromatic rings. The molecule has 0 saturated carbocycles. The van der Waals surface area contributed by atoms with Crippen LogP contribution in [-0.2, 0) is 17.8 Å². The summed E-state index contributed by atoms with van der Waals surface area (Å²) in [5.74, 6) is 1.15. The summed E-state index contributed by atoms with van der Waals surface area (Å²) < 4.78 is 11.9. The number of aliphatic carboxylic acids is 1. The smallest absolute Gasteiger partial charge is 0.341 e. The van der Waals surface area contributed by atoms with Crippen molar-refractivity contribution in [2.45, 2.75) is 32.4 Å². The molecule has 0 radical (unpaired) electrons. The summed E-state index contributed by atoms with van der Waals surface area (Å²) in [5, 5.41) is 9.00. The van der Waals surface area contributed by atoms with Crippen LogP contribution in [0.4, 0.5) is 0 Å². The highest BCUT2D eigenvalue weighted by atomic mass is 16.5. The molecule has 1 atom stereocenters. The van der Waals surface area contributed by atoms with Crippen LogP contribution < -0.4 is 4.74 Å². The van der Waals surface area contributed by atoms with E-state index >= 15 is 0 Å². The molecule has 0 spiro atoms. The van der Waals surface area contributed by atoms with Crippen LogP contribution in [0.3, 0.4) is 0 Å². The van der Waals surface area contributed by atoms with Gasteiger partial charge in [0.25, 0.3) is 0 Å². The standard InChI is InChI=1S/C29H28N2O4/c1-2-31(24-17-16-23-22(24)14-9-15-25(23)34-19-27(32)33)18-26-30-28(20-10-5-3-6-11-20)29(35-26)21-12-7-4-8-13-21/h3-15,24H,2,16-19H2,1H3,(H,32,33). The first-order valence-corrected chi connectivity index (χ1v) is 11.9. The van der Waals surface area contributed by atoms with Gasteiger partial charge in [0.05, 0.1) is 6.54 Å². The lowest BCUT2D eigenvalue weighted by Crippen LogP contribution is -2.27. The van der Waals surface area contributed by atoms with E-state index in [0.29, 0.717) is 18.2 Å². The summed E-state index contributed by atoms with van der Waals surface area (Å²) in [4.78, 5) is 18.3. The number of hydrogen-bond acceptors (Lipinski definition) is 5. The van der Waals surface area contributed by atoms with Crippen molar-refractivity contribution in [2.75, 3.05) is 13.2 Å². The molecule has 0 aliphatic heterocycles. The molecule has 1 heterocycles. The Bertz CT molecular complexity index is 1240. The van der Waals surface area contributed by atoms with Crippen LogP contribution in [0.15, 0.2) is 83.3 Å². The van der Waals surface area contributed by atoms with Gasteiger partial charge >= 0.3 is 5.97 Å². The van der Waals surface area contributed by atoms with Gasteiger partial charge < -0.3 is 14.3 Å². The van der Waals surface area contributed by atoms with Crippen molar-refractivity contribution in [2.24, 2.45) is 0 Å². The lowest BCUT2D eigenvalue weighted by atomic mass is 10.1. The Labute approximate surface area is 204 Å². The van der Waals surface area contributed by atoms with Crippen molar-refractivity contribution in [1.82, 2.24) is 9.88 Å². The van der Waals surface area contributed by atoms with E-state index in [1.807, 2.05) is 60.7 Å². The zero-order valence-electron chi connectivity index (χ0n) is 19.7. The van der Waals surface area contributed by atoms with Gasteiger partial charge in [-0.2, -0.15) is 0 Å². The molecule has 178 valence electrons. The average Bonchev–Trinajstić information content (AvgIpc) is 3.52. The number of oxazole rings is 1. The third-order valence-electron chi connectivity index (χ3n) is 6.49. The monoisotopic (exact) mass is 468 g/mol. The van der Waals surface area contributed by atoms with Crippen LogP contribution in [0.5, 0.6) is 5.75 Å². The number of aromatic nitrogens is 1. The van der Waals surface area contributed by atoms with Crippen molar-refractivity contribution in [3.05, 3.63) is 95.9 Å². The maximum absolute atomic E-state index is 11.0. The summed E-state index contributed by atoms with van der Waals surface area (Å²) in [6.07, 6.45) is 1.79. The normalized spacial score (nSPS) is 14.7. The number of hydrogen-bond donors (Lipinski definition) is 1. The molecular weight excluding hydrogens is 440 g/mol. The molecule has 1 N–H and O–H groups in total. The SMILES string of the molecule is CCN(Cc1nc(-c2ccccc2)c(-c2ccccc2)o1)C1CCc2c(OCC(=O)O)cccc21. The highest BCUT2D eigenvalue weighted by Gasteiger charge is 2.31. The van der Waals surface area contributed by atoms with Crippen LogP contribution >= 0.6 is 0 Å². The Kier molecular flexibility index (Phi) is 6.64. The largest absolute Gasteiger partial charge is 0.482 e. The molecule has 35 heavy (non-hydrogen) atoms. The Morgan fingerprint density at radius 1 is 1.03 bits per heavy atom. The first kappa shape index (κ1) is 22.9. The van der Waals surface area contributed by atoms with Crippen molar-refractivity contribution in [3.63, 3.8) is 0 Å². The average molecular weight is 469 g/mol. The zero-order chi connectivity index (χ0) is 24.2. The number of carbonyl (C=O) groups is 1. The van der Waals surface area contributed by atoms with Crippen LogP contribution in [0, 0.1) is 0 Å². The molecule has 0 saturated heterocycles. The summed E-state index contributed by atoms with van der Waals surface area (Å²) in [6, 6.07) is 26.3. The third-order valence-corrected chi connectivity index (χ3v) is 6.49. The molecule has 0 bridgehead atoms. The van der Waals surface area contributed by atoms with Crippen LogP contribution in [0.1, 0.15) is 36.4 Å². The van der Waals surface area contributed by atoms with E-state index in [-0.39, 0.29) is 12.6 Å². The topological polar surface area (TPSA) is 75.8 Å². The third kappa shape index (κ3) is 4.84. The maximum Gasteiger partial charge on any atom is 0.341 e. The van der Waals surface area contributed by atoms with Gasteiger partial charge in [0, 0.05) is 17.2 Å². The van der Waals surface area contributed by atoms with Crippen LogP contribution in [-0.4, -0.2) is 34.1 Å². The van der Waals surface area contributed by atoms with Gasteiger partial charge in [-0.25, -0.2) is 9.78 Å². The van der Waals surface area contributed by atoms with Gasteiger partial charge in [-0.05, 0) is 36.6 Å². The Morgan fingerprint density at radius 2 is 1.74 bits per heavy atom. The van der Waals surface area contributed by atoms with Crippen LogP contribution in [0.2, 0.25) is 0 Å². The second-order valence-corrected chi connectivity index (χ2v) is 8.64. The van der Waals surface area contributed by atoms with E-state index < -0.39 is 5.97 Å². The van der Waals surface area contributed by atoms with E-state index in [1.165, 1.54) is 5.56 Å². The van der Waals surface area contributed by atoms with Gasteiger partial charge in [-0.15, -0.1) is 0 Å². The second kappa shape index (κ2) is 10.2. The highest BCUT2D eigenvalue weighted by Crippen LogP contribution is 2.41. The quantitative estimate of drug-likeness (QED) is 0.326. The van der Waals surface area contributed by atoms with Gasteiger partial charge in [0.15, 0.2) is 12.4 Å². The molecular formula is C29H28N2O4. The molecule has 6 nitrogen and oxygen atoms in total. The first-order chi connectivity index (χ1) is 17.1. The first-order valence-electron chi connectivity index (χ1n) is 11.9. The van der Waals surface area contributed by atoms with E-state index in [9.17, 15) is 4.79 Å². The highest BCUT2D eigenvalue weighted by molar-refractivity contribution is 5.76. The summed E-state index contributed by atoms with van der Waals surface area (Å²) in [5.41, 5.74) is 5.15.